The highest BCUT2D eigenvalue weighted by molar-refractivity contribution is 7.95. The summed E-state index contributed by atoms with van der Waals surface area (Å²) in [5.74, 6) is -4.19. The second-order valence-corrected chi connectivity index (χ2v) is 6.62. The quantitative estimate of drug-likeness (QED) is 0.836. The van der Waals surface area contributed by atoms with Crippen molar-refractivity contribution in [1.82, 2.24) is 0 Å². The Hall–Kier alpha value is -2.45. The van der Waals surface area contributed by atoms with Crippen LogP contribution in [0.4, 0.5) is 14.5 Å². The van der Waals surface area contributed by atoms with Crippen LogP contribution < -0.4 is 4.72 Å². The summed E-state index contributed by atoms with van der Waals surface area (Å²) in [4.78, 5) is 10.8. The zero-order valence-electron chi connectivity index (χ0n) is 11.8. The topological polar surface area (TPSA) is 83.5 Å². The van der Waals surface area contributed by atoms with Crippen molar-refractivity contribution in [1.29, 1.82) is 0 Å². The van der Waals surface area contributed by atoms with Crippen LogP contribution in [0.3, 0.4) is 0 Å². The van der Waals surface area contributed by atoms with Crippen LogP contribution >= 0.6 is 11.6 Å². The number of hydrogen-bond acceptors (Lipinski definition) is 3. The molecule has 2 N–H and O–H groups in total. The van der Waals surface area contributed by atoms with Crippen LogP contribution in [0.2, 0.25) is 5.02 Å². The maximum Gasteiger partial charge on any atom is 0.338 e. The van der Waals surface area contributed by atoms with E-state index in [-0.39, 0.29) is 0 Å². The Morgan fingerprint density at radius 3 is 2.33 bits per heavy atom. The minimum absolute atomic E-state index is 0.296. The van der Waals surface area contributed by atoms with Crippen LogP contribution in [0.5, 0.6) is 0 Å². The summed E-state index contributed by atoms with van der Waals surface area (Å²) in [6.07, 6.45) is 1.23. The number of carbonyl (C=O) groups is 1. The maximum absolute atomic E-state index is 13.6. The Kier molecular flexibility index (Phi) is 5.20. The summed E-state index contributed by atoms with van der Waals surface area (Å²) >= 11 is 5.70. The van der Waals surface area contributed by atoms with Gasteiger partial charge in [-0.25, -0.2) is 22.0 Å². The van der Waals surface area contributed by atoms with E-state index < -0.39 is 38.9 Å². The van der Waals surface area contributed by atoms with Crippen molar-refractivity contribution in [3.63, 3.8) is 0 Å². The number of sulfonamides is 1. The molecule has 2 aromatic carbocycles. The fraction of sp³-hybridized carbons (Fsp3) is 0. The van der Waals surface area contributed by atoms with E-state index in [0.29, 0.717) is 22.7 Å². The molecule has 0 amide bonds. The highest BCUT2D eigenvalue weighted by atomic mass is 35.5. The highest BCUT2D eigenvalue weighted by Crippen LogP contribution is 2.21. The third-order valence-corrected chi connectivity index (χ3v) is 4.10. The Labute approximate surface area is 141 Å². The van der Waals surface area contributed by atoms with Crippen molar-refractivity contribution in [3.05, 3.63) is 69.6 Å². The van der Waals surface area contributed by atoms with Gasteiger partial charge in [0.25, 0.3) is 10.0 Å². The van der Waals surface area contributed by atoms with E-state index in [1.807, 2.05) is 4.72 Å². The van der Waals surface area contributed by atoms with E-state index in [4.69, 9.17) is 16.7 Å². The number of halogens is 3. The number of nitrogens with one attached hydrogen (secondary N) is 1. The third kappa shape index (κ3) is 4.53. The number of carboxylic acids is 1. The Balaban J connectivity index is 2.27. The molecule has 126 valence electrons. The minimum Gasteiger partial charge on any atom is -0.478 e. The van der Waals surface area contributed by atoms with Gasteiger partial charge in [0.05, 0.1) is 16.7 Å². The molecule has 9 heteroatoms. The largest absolute Gasteiger partial charge is 0.478 e. The van der Waals surface area contributed by atoms with Crippen LogP contribution in [0, 0.1) is 11.6 Å². The van der Waals surface area contributed by atoms with E-state index in [2.05, 4.69) is 0 Å². The molecule has 0 bridgehead atoms. The van der Waals surface area contributed by atoms with Crippen LogP contribution in [-0.4, -0.2) is 19.5 Å². The van der Waals surface area contributed by atoms with E-state index in [0.717, 1.165) is 5.41 Å². The molecule has 5 nitrogen and oxygen atoms in total. The van der Waals surface area contributed by atoms with Crippen LogP contribution in [-0.2, 0) is 10.0 Å². The molecule has 2 aromatic rings. The van der Waals surface area contributed by atoms with Crippen LogP contribution in [0.25, 0.3) is 6.08 Å². The average Bonchev–Trinajstić information content (AvgIpc) is 2.49. The predicted octanol–water partition coefficient (Wildman–Crippen LogP) is 3.73. The number of aromatic carboxylic acids is 1. The summed E-state index contributed by atoms with van der Waals surface area (Å²) < 4.78 is 52.6. The smallest absolute Gasteiger partial charge is 0.338 e. The predicted molar refractivity (Wildman–Crippen MR) is 86.3 cm³/mol. The second kappa shape index (κ2) is 6.98. The van der Waals surface area contributed by atoms with E-state index in [1.54, 1.807) is 24.3 Å². The lowest BCUT2D eigenvalue weighted by Gasteiger charge is -2.07. The Bertz CT molecular complexity index is 912. The van der Waals surface area contributed by atoms with E-state index >= 15 is 0 Å². The van der Waals surface area contributed by atoms with Gasteiger partial charge >= 0.3 is 5.97 Å². The summed E-state index contributed by atoms with van der Waals surface area (Å²) in [5.41, 5.74) is -0.999. The van der Waals surface area contributed by atoms with Crippen LogP contribution in [0.1, 0.15) is 15.9 Å². The molecule has 0 saturated carbocycles. The van der Waals surface area contributed by atoms with E-state index in [9.17, 15) is 22.0 Å². The van der Waals surface area contributed by atoms with Gasteiger partial charge in [-0.1, -0.05) is 23.7 Å². The SMILES string of the molecule is O=C(O)c1cc(NS(=O)(=O)/C=C\c2ccc(Cl)cc2)c(F)cc1F. The van der Waals surface area contributed by atoms with Gasteiger partial charge in [0.2, 0.25) is 0 Å². The molecule has 0 spiro atoms. The van der Waals surface area contributed by atoms with E-state index in [1.165, 1.54) is 6.08 Å². The first-order valence-electron chi connectivity index (χ1n) is 6.37. The molecule has 0 aromatic heterocycles. The molecular weight excluding hydrogens is 364 g/mol. The molecule has 0 heterocycles. The van der Waals surface area contributed by atoms with Gasteiger partial charge in [-0.2, -0.15) is 0 Å². The zero-order chi connectivity index (χ0) is 17.9. The molecule has 0 aliphatic carbocycles. The maximum atomic E-state index is 13.6. The lowest BCUT2D eigenvalue weighted by Crippen LogP contribution is -2.12. The summed E-state index contributed by atoms with van der Waals surface area (Å²) in [5, 5.41) is 10.0. The summed E-state index contributed by atoms with van der Waals surface area (Å²) in [6, 6.07) is 7.11. The first-order valence-corrected chi connectivity index (χ1v) is 8.29. The van der Waals surface area contributed by atoms with Gasteiger partial charge in [-0.05, 0) is 29.8 Å². The van der Waals surface area contributed by atoms with Gasteiger partial charge < -0.3 is 5.11 Å². The lowest BCUT2D eigenvalue weighted by molar-refractivity contribution is 0.0692. The molecule has 24 heavy (non-hydrogen) atoms. The van der Waals surface area contributed by atoms with Crippen molar-refractivity contribution in [3.8, 4) is 0 Å². The fourth-order valence-electron chi connectivity index (χ4n) is 1.72. The standard InChI is InChI=1S/C15H10ClF2NO4S/c16-10-3-1-9(2-4-10)5-6-24(22,23)19-14-7-11(15(20)21)12(17)8-13(14)18/h1-8,19H,(H,20,21)/b6-5-. The Morgan fingerprint density at radius 2 is 1.75 bits per heavy atom. The average molecular weight is 374 g/mol. The minimum atomic E-state index is -4.14. The number of benzene rings is 2. The molecule has 0 atom stereocenters. The van der Waals surface area contributed by atoms with Crippen molar-refractivity contribution in [2.24, 2.45) is 0 Å². The van der Waals surface area contributed by atoms with Crippen molar-refractivity contribution < 1.29 is 27.1 Å². The number of carboxylic acid groups (broad SMARTS) is 1. The zero-order valence-corrected chi connectivity index (χ0v) is 13.4. The number of hydrogen-bond donors (Lipinski definition) is 2. The fourth-order valence-corrected chi connectivity index (χ4v) is 2.71. The van der Waals surface area contributed by atoms with Crippen LogP contribution in [0.15, 0.2) is 41.8 Å². The number of anilines is 1. The summed E-state index contributed by atoms with van der Waals surface area (Å²) in [7, 11) is -4.14. The van der Waals surface area contributed by atoms with Crippen molar-refractivity contribution >= 4 is 39.4 Å². The third-order valence-electron chi connectivity index (χ3n) is 2.85. The number of rotatable bonds is 5. The lowest BCUT2D eigenvalue weighted by atomic mass is 10.2. The normalized spacial score (nSPS) is 11.6. The van der Waals surface area contributed by atoms with Crippen molar-refractivity contribution in [2.45, 2.75) is 0 Å². The highest BCUT2D eigenvalue weighted by Gasteiger charge is 2.17. The molecule has 0 fully saturated rings. The Morgan fingerprint density at radius 1 is 1.12 bits per heavy atom. The molecule has 0 radical (unpaired) electrons. The first kappa shape index (κ1) is 17.9. The second-order valence-electron chi connectivity index (χ2n) is 4.62. The molecule has 2 rings (SSSR count). The van der Waals surface area contributed by atoms with Gasteiger partial charge in [-0.3, -0.25) is 4.72 Å². The molecule has 0 aliphatic heterocycles. The van der Waals surface area contributed by atoms with Crippen molar-refractivity contribution in [2.75, 3.05) is 4.72 Å². The first-order chi connectivity index (χ1) is 11.2. The molecular formula is C15H10ClF2NO4S. The van der Waals surface area contributed by atoms with Gasteiger partial charge in [0.15, 0.2) is 0 Å². The molecule has 0 aliphatic rings. The van der Waals surface area contributed by atoms with Gasteiger partial charge in [0, 0.05) is 11.1 Å². The molecule has 0 unspecified atom stereocenters. The monoisotopic (exact) mass is 373 g/mol. The summed E-state index contributed by atoms with van der Waals surface area (Å²) in [6.45, 7) is 0. The van der Waals surface area contributed by atoms with Gasteiger partial charge in [-0.15, -0.1) is 0 Å². The molecule has 0 saturated heterocycles. The van der Waals surface area contributed by atoms with Gasteiger partial charge in [0.1, 0.15) is 11.6 Å².